The second kappa shape index (κ2) is 10.9. The van der Waals surface area contributed by atoms with Gasteiger partial charge in [-0.15, -0.1) is 0 Å². The van der Waals surface area contributed by atoms with Crippen molar-refractivity contribution in [2.45, 2.75) is 76.9 Å². The average Bonchev–Trinajstić information content (AvgIpc) is 2.87. The normalized spacial score (nSPS) is 17.6. The lowest BCUT2D eigenvalue weighted by atomic mass is 10.1. The fraction of sp³-hybridized carbons (Fsp3) is 0.824. The molecule has 1 aliphatic heterocycles. The summed E-state index contributed by atoms with van der Waals surface area (Å²) in [6.45, 7) is 3.49. The number of unbranched alkanes of at least 4 members (excludes halogenated alkanes) is 7. The van der Waals surface area contributed by atoms with E-state index in [1.165, 1.54) is 38.5 Å². The molecule has 0 bridgehead atoms. The molecule has 1 rings (SSSR count). The summed E-state index contributed by atoms with van der Waals surface area (Å²) in [6.07, 6.45) is 15.9. The SMILES string of the molecule is CC1(CCC=CCCCCCCCCC#N)OCCO1. The third kappa shape index (κ3) is 8.35. The summed E-state index contributed by atoms with van der Waals surface area (Å²) < 4.78 is 11.1. The van der Waals surface area contributed by atoms with Crippen LogP contribution in [0, 0.1) is 11.3 Å². The van der Waals surface area contributed by atoms with Crippen molar-refractivity contribution in [2.75, 3.05) is 13.2 Å². The lowest BCUT2D eigenvalue weighted by Crippen LogP contribution is -2.24. The van der Waals surface area contributed by atoms with Crippen LogP contribution >= 0.6 is 0 Å². The van der Waals surface area contributed by atoms with Gasteiger partial charge in [-0.3, -0.25) is 0 Å². The first-order chi connectivity index (χ1) is 9.77. The highest BCUT2D eigenvalue weighted by Gasteiger charge is 2.29. The summed E-state index contributed by atoms with van der Waals surface area (Å²) in [5.41, 5.74) is 0. The second-order valence-corrected chi connectivity index (χ2v) is 5.66. The first-order valence-corrected chi connectivity index (χ1v) is 8.07. The van der Waals surface area contributed by atoms with Gasteiger partial charge in [0, 0.05) is 12.8 Å². The Morgan fingerprint density at radius 3 is 2.25 bits per heavy atom. The standard InChI is InChI=1S/C17H29NO2/c1-17(19-15-16-20-17)13-11-9-7-5-3-2-4-6-8-10-12-14-18/h7,9H,2-6,8,10-13,15-16H2,1H3. The Morgan fingerprint density at radius 2 is 1.55 bits per heavy atom. The first kappa shape index (κ1) is 17.2. The highest BCUT2D eigenvalue weighted by atomic mass is 16.7. The third-order valence-corrected chi connectivity index (χ3v) is 3.74. The number of hydrogen-bond acceptors (Lipinski definition) is 3. The molecule has 1 saturated heterocycles. The van der Waals surface area contributed by atoms with Crippen molar-refractivity contribution in [2.24, 2.45) is 0 Å². The Bertz CT molecular complexity index is 301. The zero-order chi connectivity index (χ0) is 14.5. The molecule has 0 aromatic rings. The van der Waals surface area contributed by atoms with E-state index in [0.717, 1.165) is 38.9 Å². The van der Waals surface area contributed by atoms with Gasteiger partial charge in [-0.2, -0.15) is 5.26 Å². The minimum absolute atomic E-state index is 0.340. The summed E-state index contributed by atoms with van der Waals surface area (Å²) in [5.74, 6) is -0.340. The highest BCUT2D eigenvalue weighted by Crippen LogP contribution is 2.24. The Morgan fingerprint density at radius 1 is 0.950 bits per heavy atom. The van der Waals surface area contributed by atoms with Crippen LogP contribution in [0.5, 0.6) is 0 Å². The zero-order valence-electron chi connectivity index (χ0n) is 12.9. The van der Waals surface area contributed by atoms with E-state index in [9.17, 15) is 0 Å². The molecule has 1 heterocycles. The highest BCUT2D eigenvalue weighted by molar-refractivity contribution is 4.84. The number of ether oxygens (including phenoxy) is 2. The Hall–Kier alpha value is -0.850. The van der Waals surface area contributed by atoms with Gasteiger partial charge in [0.25, 0.3) is 0 Å². The van der Waals surface area contributed by atoms with Crippen molar-refractivity contribution < 1.29 is 9.47 Å². The van der Waals surface area contributed by atoms with Gasteiger partial charge in [-0.05, 0) is 32.6 Å². The van der Waals surface area contributed by atoms with Gasteiger partial charge < -0.3 is 9.47 Å². The van der Waals surface area contributed by atoms with Crippen molar-refractivity contribution >= 4 is 0 Å². The molecule has 0 spiro atoms. The van der Waals surface area contributed by atoms with Crippen LogP contribution in [-0.4, -0.2) is 19.0 Å². The van der Waals surface area contributed by atoms with Crippen molar-refractivity contribution in [1.82, 2.24) is 0 Å². The fourth-order valence-corrected chi connectivity index (χ4v) is 2.46. The molecular formula is C17H29NO2. The van der Waals surface area contributed by atoms with Crippen LogP contribution in [0.2, 0.25) is 0 Å². The van der Waals surface area contributed by atoms with Gasteiger partial charge in [0.15, 0.2) is 5.79 Å². The fourth-order valence-electron chi connectivity index (χ4n) is 2.46. The van der Waals surface area contributed by atoms with E-state index in [-0.39, 0.29) is 5.79 Å². The molecule has 0 aromatic heterocycles. The summed E-state index contributed by atoms with van der Waals surface area (Å²) >= 11 is 0. The first-order valence-electron chi connectivity index (χ1n) is 8.07. The van der Waals surface area contributed by atoms with Gasteiger partial charge in [0.05, 0.1) is 19.3 Å². The van der Waals surface area contributed by atoms with Crippen LogP contribution in [0.15, 0.2) is 12.2 Å². The number of hydrogen-bond donors (Lipinski definition) is 0. The molecule has 114 valence electrons. The topological polar surface area (TPSA) is 42.2 Å². The molecule has 1 fully saturated rings. The Balaban J connectivity index is 1.84. The van der Waals surface area contributed by atoms with E-state index in [1.807, 2.05) is 6.92 Å². The maximum Gasteiger partial charge on any atom is 0.166 e. The summed E-state index contributed by atoms with van der Waals surface area (Å²) in [5, 5.41) is 8.42. The molecular weight excluding hydrogens is 250 g/mol. The molecule has 0 radical (unpaired) electrons. The van der Waals surface area contributed by atoms with Crippen LogP contribution in [0.3, 0.4) is 0 Å². The van der Waals surface area contributed by atoms with Crippen molar-refractivity contribution in [3.8, 4) is 6.07 Å². The molecule has 3 nitrogen and oxygen atoms in total. The van der Waals surface area contributed by atoms with E-state index in [1.54, 1.807) is 0 Å². The monoisotopic (exact) mass is 279 g/mol. The number of nitriles is 1. The molecule has 0 aliphatic carbocycles. The zero-order valence-corrected chi connectivity index (χ0v) is 12.9. The number of nitrogens with zero attached hydrogens (tertiary/aromatic N) is 1. The third-order valence-electron chi connectivity index (χ3n) is 3.74. The van der Waals surface area contributed by atoms with Crippen molar-refractivity contribution in [3.63, 3.8) is 0 Å². The minimum atomic E-state index is -0.340. The summed E-state index contributed by atoms with van der Waals surface area (Å²) in [4.78, 5) is 0. The largest absolute Gasteiger partial charge is 0.348 e. The Kier molecular flexibility index (Phi) is 9.36. The molecule has 0 saturated carbocycles. The molecule has 0 N–H and O–H groups in total. The van der Waals surface area contributed by atoms with Gasteiger partial charge in [0.1, 0.15) is 0 Å². The molecule has 0 atom stereocenters. The van der Waals surface area contributed by atoms with Crippen molar-refractivity contribution in [3.05, 3.63) is 12.2 Å². The molecule has 0 amide bonds. The van der Waals surface area contributed by atoms with Crippen LogP contribution in [0.1, 0.15) is 71.1 Å². The molecule has 0 unspecified atom stereocenters. The minimum Gasteiger partial charge on any atom is -0.348 e. The Labute approximate surface area is 124 Å². The molecule has 3 heteroatoms. The van der Waals surface area contributed by atoms with Crippen molar-refractivity contribution in [1.29, 1.82) is 5.26 Å². The van der Waals surface area contributed by atoms with Crippen LogP contribution in [0.4, 0.5) is 0 Å². The van der Waals surface area contributed by atoms with Gasteiger partial charge in [-0.25, -0.2) is 0 Å². The van der Waals surface area contributed by atoms with Gasteiger partial charge in [0.2, 0.25) is 0 Å². The van der Waals surface area contributed by atoms with Crippen LogP contribution in [-0.2, 0) is 9.47 Å². The smallest absolute Gasteiger partial charge is 0.166 e. The quantitative estimate of drug-likeness (QED) is 0.405. The van der Waals surface area contributed by atoms with E-state index in [2.05, 4.69) is 18.2 Å². The number of rotatable bonds is 11. The lowest BCUT2D eigenvalue weighted by molar-refractivity contribution is -0.145. The van der Waals surface area contributed by atoms with Gasteiger partial charge in [-0.1, -0.05) is 37.8 Å². The van der Waals surface area contributed by atoms with Crippen LogP contribution < -0.4 is 0 Å². The van der Waals surface area contributed by atoms with E-state index in [4.69, 9.17) is 14.7 Å². The van der Waals surface area contributed by atoms with E-state index >= 15 is 0 Å². The van der Waals surface area contributed by atoms with E-state index < -0.39 is 0 Å². The lowest BCUT2D eigenvalue weighted by Gasteiger charge is -2.20. The van der Waals surface area contributed by atoms with E-state index in [0.29, 0.717) is 0 Å². The average molecular weight is 279 g/mol. The maximum atomic E-state index is 8.42. The van der Waals surface area contributed by atoms with Gasteiger partial charge >= 0.3 is 0 Å². The molecule has 1 aliphatic rings. The maximum absolute atomic E-state index is 8.42. The molecule has 20 heavy (non-hydrogen) atoms. The second-order valence-electron chi connectivity index (χ2n) is 5.66. The summed E-state index contributed by atoms with van der Waals surface area (Å²) in [7, 11) is 0. The predicted octanol–water partition coefficient (Wildman–Crippen LogP) is 4.73. The summed E-state index contributed by atoms with van der Waals surface area (Å²) in [6, 6.07) is 2.19. The molecule has 0 aromatic carbocycles. The number of allylic oxidation sites excluding steroid dienone is 2. The van der Waals surface area contributed by atoms with Crippen LogP contribution in [0.25, 0.3) is 0 Å². The predicted molar refractivity (Wildman–Crippen MR) is 81.2 cm³/mol.